The molecule has 0 unspecified atom stereocenters. The van der Waals surface area contributed by atoms with Gasteiger partial charge >= 0.3 is 0 Å². The van der Waals surface area contributed by atoms with Gasteiger partial charge in [0.1, 0.15) is 0 Å². The summed E-state index contributed by atoms with van der Waals surface area (Å²) in [4.78, 5) is 0. The van der Waals surface area contributed by atoms with Crippen LogP contribution in [0.2, 0.25) is 0 Å². The van der Waals surface area contributed by atoms with Crippen LogP contribution in [0.15, 0.2) is 36.4 Å². The molecule has 0 spiro atoms. The fourth-order valence-corrected chi connectivity index (χ4v) is 1.35. The molecule has 1 nitrogen and oxygen atoms in total. The Hall–Kier alpha value is -1.08. The Morgan fingerprint density at radius 2 is 1.93 bits per heavy atom. The van der Waals surface area contributed by atoms with Gasteiger partial charge in [-0.05, 0) is 18.9 Å². The van der Waals surface area contributed by atoms with Gasteiger partial charge in [0.05, 0.1) is 5.60 Å². The summed E-state index contributed by atoms with van der Waals surface area (Å²) in [6, 6.07) is 10.2. The maximum Gasteiger partial charge on any atom is 0.0676 e. The molecule has 0 saturated carbocycles. The number of benzene rings is 1. The van der Waals surface area contributed by atoms with Crippen molar-refractivity contribution in [3.63, 3.8) is 0 Å². The van der Waals surface area contributed by atoms with Gasteiger partial charge in [-0.15, -0.1) is 0 Å². The minimum absolute atomic E-state index is 0.169. The molecule has 0 aromatic heterocycles. The van der Waals surface area contributed by atoms with Crippen molar-refractivity contribution in [3.05, 3.63) is 42.0 Å². The smallest absolute Gasteiger partial charge is 0.0676 e. The highest BCUT2D eigenvalue weighted by molar-refractivity contribution is 5.49. The van der Waals surface area contributed by atoms with E-state index in [0.717, 1.165) is 6.42 Å². The molecule has 15 heavy (non-hydrogen) atoms. The first kappa shape index (κ1) is 12.0. The Balaban J connectivity index is 2.66. The maximum atomic E-state index is 10.0. The average Bonchev–Trinajstić information content (AvgIpc) is 2.27. The molecule has 1 N–H and O–H groups in total. The van der Waals surface area contributed by atoms with E-state index in [0.29, 0.717) is 0 Å². The molecule has 1 heteroatoms. The van der Waals surface area contributed by atoms with E-state index in [1.165, 1.54) is 5.56 Å². The van der Waals surface area contributed by atoms with Crippen LogP contribution in [0.3, 0.4) is 0 Å². The van der Waals surface area contributed by atoms with Crippen molar-refractivity contribution in [2.24, 2.45) is 5.92 Å². The third-order valence-corrected chi connectivity index (χ3v) is 3.07. The first-order chi connectivity index (χ1) is 7.06. The van der Waals surface area contributed by atoms with Crippen molar-refractivity contribution in [1.82, 2.24) is 0 Å². The van der Waals surface area contributed by atoms with Gasteiger partial charge in [0, 0.05) is 5.92 Å². The summed E-state index contributed by atoms with van der Waals surface area (Å²) in [6.07, 6.45) is 4.90. The SMILES string of the molecule is CC[C@](C)(O)[C@H](C)/C=C/c1ccccc1. The molecule has 82 valence electrons. The van der Waals surface area contributed by atoms with Crippen molar-refractivity contribution in [2.75, 3.05) is 0 Å². The molecule has 0 bridgehead atoms. The van der Waals surface area contributed by atoms with E-state index < -0.39 is 5.60 Å². The Morgan fingerprint density at radius 3 is 2.47 bits per heavy atom. The third-order valence-electron chi connectivity index (χ3n) is 3.07. The lowest BCUT2D eigenvalue weighted by Crippen LogP contribution is -2.30. The fraction of sp³-hybridized carbons (Fsp3) is 0.429. The van der Waals surface area contributed by atoms with Crippen LogP contribution in [-0.4, -0.2) is 10.7 Å². The van der Waals surface area contributed by atoms with Gasteiger partial charge < -0.3 is 5.11 Å². The van der Waals surface area contributed by atoms with Gasteiger partial charge in [0.15, 0.2) is 0 Å². The van der Waals surface area contributed by atoms with Crippen LogP contribution < -0.4 is 0 Å². The van der Waals surface area contributed by atoms with Crippen LogP contribution in [0.5, 0.6) is 0 Å². The molecule has 1 rings (SSSR count). The highest BCUT2D eigenvalue weighted by Crippen LogP contribution is 2.22. The molecular weight excluding hydrogens is 184 g/mol. The van der Waals surface area contributed by atoms with Crippen molar-refractivity contribution in [3.8, 4) is 0 Å². The van der Waals surface area contributed by atoms with E-state index in [1.54, 1.807) is 0 Å². The second-order valence-corrected chi connectivity index (χ2v) is 4.27. The first-order valence-electron chi connectivity index (χ1n) is 5.52. The molecule has 0 saturated heterocycles. The van der Waals surface area contributed by atoms with Crippen LogP contribution in [0, 0.1) is 5.92 Å². The Kier molecular flexibility index (Phi) is 4.10. The molecule has 0 heterocycles. The molecule has 0 radical (unpaired) electrons. The standard InChI is InChI=1S/C14H20O/c1-4-14(3,15)12(2)10-11-13-8-6-5-7-9-13/h5-12,15H,4H2,1-3H3/b11-10+/t12-,14+/m1/s1. The number of rotatable bonds is 4. The van der Waals surface area contributed by atoms with Gasteiger partial charge in [-0.2, -0.15) is 0 Å². The quantitative estimate of drug-likeness (QED) is 0.796. The van der Waals surface area contributed by atoms with Crippen molar-refractivity contribution in [2.45, 2.75) is 32.8 Å². The molecule has 1 aromatic rings. The molecule has 0 fully saturated rings. The van der Waals surface area contributed by atoms with Gasteiger partial charge in [-0.1, -0.05) is 56.3 Å². The summed E-state index contributed by atoms with van der Waals surface area (Å²) < 4.78 is 0. The Morgan fingerprint density at radius 1 is 1.33 bits per heavy atom. The molecule has 0 aliphatic heterocycles. The second kappa shape index (κ2) is 5.13. The summed E-state index contributed by atoms with van der Waals surface area (Å²) in [6.45, 7) is 5.93. The van der Waals surface area contributed by atoms with E-state index in [2.05, 4.69) is 24.3 Å². The fourth-order valence-electron chi connectivity index (χ4n) is 1.35. The highest BCUT2D eigenvalue weighted by Gasteiger charge is 2.23. The van der Waals surface area contributed by atoms with E-state index in [4.69, 9.17) is 0 Å². The van der Waals surface area contributed by atoms with Crippen LogP contribution >= 0.6 is 0 Å². The summed E-state index contributed by atoms with van der Waals surface area (Å²) in [5.41, 5.74) is 0.571. The largest absolute Gasteiger partial charge is 0.390 e. The van der Waals surface area contributed by atoms with E-state index in [-0.39, 0.29) is 5.92 Å². The molecule has 0 aliphatic carbocycles. The molecule has 0 amide bonds. The minimum Gasteiger partial charge on any atom is -0.390 e. The zero-order chi connectivity index (χ0) is 11.3. The van der Waals surface area contributed by atoms with Crippen molar-refractivity contribution < 1.29 is 5.11 Å². The molecular formula is C14H20O. The van der Waals surface area contributed by atoms with Gasteiger partial charge in [0.25, 0.3) is 0 Å². The predicted molar refractivity (Wildman–Crippen MR) is 65.6 cm³/mol. The summed E-state index contributed by atoms with van der Waals surface area (Å²) in [7, 11) is 0. The van der Waals surface area contributed by atoms with Crippen molar-refractivity contribution >= 4 is 6.08 Å². The zero-order valence-electron chi connectivity index (χ0n) is 9.77. The Bertz CT molecular complexity index is 311. The minimum atomic E-state index is -0.606. The second-order valence-electron chi connectivity index (χ2n) is 4.27. The van der Waals surface area contributed by atoms with Crippen LogP contribution in [0.25, 0.3) is 6.08 Å². The lowest BCUT2D eigenvalue weighted by molar-refractivity contribution is 0.0211. The van der Waals surface area contributed by atoms with Crippen LogP contribution in [-0.2, 0) is 0 Å². The number of hydrogen-bond donors (Lipinski definition) is 1. The topological polar surface area (TPSA) is 20.2 Å². The summed E-state index contributed by atoms with van der Waals surface area (Å²) >= 11 is 0. The zero-order valence-corrected chi connectivity index (χ0v) is 9.77. The highest BCUT2D eigenvalue weighted by atomic mass is 16.3. The van der Waals surface area contributed by atoms with Crippen LogP contribution in [0.1, 0.15) is 32.8 Å². The molecule has 1 aromatic carbocycles. The van der Waals surface area contributed by atoms with E-state index in [1.807, 2.05) is 39.0 Å². The summed E-state index contributed by atoms with van der Waals surface area (Å²) in [5, 5.41) is 10.0. The lowest BCUT2D eigenvalue weighted by atomic mass is 9.88. The van der Waals surface area contributed by atoms with Crippen molar-refractivity contribution in [1.29, 1.82) is 0 Å². The molecule has 2 atom stereocenters. The monoisotopic (exact) mass is 204 g/mol. The number of aliphatic hydroxyl groups is 1. The van der Waals surface area contributed by atoms with Gasteiger partial charge in [0.2, 0.25) is 0 Å². The molecule has 0 aliphatic rings. The first-order valence-corrected chi connectivity index (χ1v) is 5.52. The van der Waals surface area contributed by atoms with Crippen LogP contribution in [0.4, 0.5) is 0 Å². The Labute approximate surface area is 92.5 Å². The van der Waals surface area contributed by atoms with E-state index in [9.17, 15) is 5.11 Å². The predicted octanol–water partition coefficient (Wildman–Crippen LogP) is 3.50. The van der Waals surface area contributed by atoms with Gasteiger partial charge in [-0.3, -0.25) is 0 Å². The summed E-state index contributed by atoms with van der Waals surface area (Å²) in [5.74, 6) is 0.169. The van der Waals surface area contributed by atoms with E-state index >= 15 is 0 Å². The average molecular weight is 204 g/mol. The normalized spacial score (nSPS) is 17.6. The van der Waals surface area contributed by atoms with Gasteiger partial charge in [-0.25, -0.2) is 0 Å². The third kappa shape index (κ3) is 3.52. The number of hydrogen-bond acceptors (Lipinski definition) is 1. The lowest BCUT2D eigenvalue weighted by Gasteiger charge is -2.26. The maximum absolute atomic E-state index is 10.0.